The van der Waals surface area contributed by atoms with Crippen molar-refractivity contribution in [2.75, 3.05) is 26.3 Å². The number of morpholine rings is 1. The van der Waals surface area contributed by atoms with E-state index in [-0.39, 0.29) is 18.7 Å². The van der Waals surface area contributed by atoms with Gasteiger partial charge in [0.15, 0.2) is 0 Å². The van der Waals surface area contributed by atoms with Crippen molar-refractivity contribution >= 4 is 30.5 Å². The van der Waals surface area contributed by atoms with E-state index in [2.05, 4.69) is 9.97 Å². The number of hydrogen-bond acceptors (Lipinski definition) is 6. The molecule has 5 N–H and O–H groups in total. The lowest BCUT2D eigenvalue weighted by atomic mass is 9.99. The van der Waals surface area contributed by atoms with E-state index >= 15 is 0 Å². The molecule has 9 nitrogen and oxygen atoms in total. The number of carboxylic acid groups (broad SMARTS) is 1. The number of ether oxygens (including phenoxy) is 1. The number of hydrogen-bond donors (Lipinski definition) is 4. The van der Waals surface area contributed by atoms with Crippen LogP contribution in [0.25, 0.3) is 10.8 Å². The summed E-state index contributed by atoms with van der Waals surface area (Å²) in [7, 11) is 0.632. The maximum absolute atomic E-state index is 12.3. The van der Waals surface area contributed by atoms with Crippen LogP contribution < -0.4 is 11.1 Å². The Kier molecular flexibility index (Phi) is 11.1. The Morgan fingerprint density at radius 2 is 1.85 bits per heavy atom. The molecule has 0 saturated carbocycles. The molecule has 1 aliphatic heterocycles. The van der Waals surface area contributed by atoms with Crippen LogP contribution in [0.2, 0.25) is 0 Å². The molecule has 2 aromatic rings. The van der Waals surface area contributed by atoms with Crippen molar-refractivity contribution in [3.05, 3.63) is 48.0 Å². The molecule has 179 valence electrons. The van der Waals surface area contributed by atoms with E-state index < -0.39 is 12.0 Å². The molecular weight excluding hydrogens is 425 g/mol. The van der Waals surface area contributed by atoms with Gasteiger partial charge in [0.25, 0.3) is 0 Å². The third-order valence-corrected chi connectivity index (χ3v) is 5.14. The smallest absolute Gasteiger partial charge is 0.480 e. The SMILES string of the molecule is CC(C)C[C@H](N)O[B]O.O=C(O)[C@H](Cc1cccc2ccccc12)NC(=O)N1CCOCC1. The summed E-state index contributed by atoms with van der Waals surface area (Å²) in [6.45, 7) is 6.00. The standard InChI is InChI=1S/C18H20N2O4.C5H13BNO2/c21-17(22)16(19-18(23)20-8-10-24-11-9-20)12-14-6-3-5-13-4-1-2-7-15(13)14;1-4(2)3-5(7)9-6-8/h1-7,16H,8-12H2,(H,19,23)(H,21,22);4-5,8H,3,7H2,1-2H3/t16-;5-/m01/s1. The molecule has 33 heavy (non-hydrogen) atoms. The van der Waals surface area contributed by atoms with Gasteiger partial charge in [-0.3, -0.25) is 0 Å². The van der Waals surface area contributed by atoms with Gasteiger partial charge >= 0.3 is 19.7 Å². The van der Waals surface area contributed by atoms with Gasteiger partial charge in [0.1, 0.15) is 6.04 Å². The van der Waals surface area contributed by atoms with Gasteiger partial charge in [-0.1, -0.05) is 56.3 Å². The van der Waals surface area contributed by atoms with Gasteiger partial charge < -0.3 is 35.5 Å². The summed E-state index contributed by atoms with van der Waals surface area (Å²) in [4.78, 5) is 25.4. The molecule has 10 heteroatoms. The normalized spacial score (nSPS) is 15.4. The predicted molar refractivity (Wildman–Crippen MR) is 126 cm³/mol. The number of nitrogens with one attached hydrogen (secondary N) is 1. The zero-order valence-electron chi connectivity index (χ0n) is 19.1. The highest BCUT2D eigenvalue weighted by Gasteiger charge is 2.25. The molecule has 0 unspecified atom stereocenters. The Morgan fingerprint density at radius 1 is 1.18 bits per heavy atom. The molecule has 2 atom stereocenters. The van der Waals surface area contributed by atoms with Crippen molar-refractivity contribution in [1.82, 2.24) is 10.2 Å². The van der Waals surface area contributed by atoms with E-state index in [0.29, 0.717) is 39.9 Å². The van der Waals surface area contributed by atoms with E-state index in [1.54, 1.807) is 4.90 Å². The third-order valence-electron chi connectivity index (χ3n) is 5.14. The molecule has 2 amide bonds. The fourth-order valence-electron chi connectivity index (χ4n) is 3.50. The second-order valence-electron chi connectivity index (χ2n) is 8.19. The van der Waals surface area contributed by atoms with E-state index in [1.807, 2.05) is 56.3 Å². The van der Waals surface area contributed by atoms with Gasteiger partial charge in [-0.25, -0.2) is 9.59 Å². The van der Waals surface area contributed by atoms with Crippen molar-refractivity contribution in [1.29, 1.82) is 0 Å². The van der Waals surface area contributed by atoms with Crippen LogP contribution in [0.4, 0.5) is 4.79 Å². The average Bonchev–Trinajstić information content (AvgIpc) is 2.79. The van der Waals surface area contributed by atoms with Crippen molar-refractivity contribution in [2.45, 2.75) is 39.0 Å². The minimum absolute atomic E-state index is 0.243. The van der Waals surface area contributed by atoms with Crippen LogP contribution in [-0.4, -0.2) is 73.3 Å². The molecule has 0 aromatic heterocycles. The lowest BCUT2D eigenvalue weighted by Gasteiger charge is -2.28. The Hall–Kier alpha value is -2.66. The molecular formula is C23H33BN3O6. The maximum Gasteiger partial charge on any atom is 0.486 e. The second kappa shape index (κ2) is 13.8. The summed E-state index contributed by atoms with van der Waals surface area (Å²) in [5.74, 6) is -0.538. The molecule has 2 aromatic carbocycles. The number of carbonyl (C=O) groups is 2. The largest absolute Gasteiger partial charge is 0.486 e. The number of rotatable bonds is 8. The summed E-state index contributed by atoms with van der Waals surface area (Å²) in [6.07, 6.45) is 0.638. The number of carbonyl (C=O) groups excluding carboxylic acids is 1. The first-order chi connectivity index (χ1) is 15.8. The average molecular weight is 458 g/mol. The molecule has 0 aliphatic carbocycles. The maximum atomic E-state index is 12.3. The molecule has 1 fully saturated rings. The number of amides is 2. The van der Waals surface area contributed by atoms with Gasteiger partial charge in [0, 0.05) is 19.5 Å². The molecule has 1 saturated heterocycles. The Morgan fingerprint density at radius 3 is 2.48 bits per heavy atom. The number of nitrogens with zero attached hydrogens (tertiary/aromatic N) is 1. The Balaban J connectivity index is 0.000000365. The van der Waals surface area contributed by atoms with Crippen molar-refractivity contribution < 1.29 is 29.1 Å². The van der Waals surface area contributed by atoms with Crippen LogP contribution in [0.5, 0.6) is 0 Å². The monoisotopic (exact) mass is 458 g/mol. The molecule has 0 bridgehead atoms. The number of carboxylic acids is 1. The van der Waals surface area contributed by atoms with Crippen LogP contribution in [-0.2, 0) is 20.6 Å². The lowest BCUT2D eigenvalue weighted by Crippen LogP contribution is -2.51. The van der Waals surface area contributed by atoms with Crippen molar-refractivity contribution in [3.8, 4) is 0 Å². The number of benzene rings is 2. The fraction of sp³-hybridized carbons (Fsp3) is 0.478. The highest BCUT2D eigenvalue weighted by atomic mass is 16.5. The minimum atomic E-state index is -1.04. The first kappa shape index (κ1) is 26.6. The minimum Gasteiger partial charge on any atom is -0.480 e. The highest BCUT2D eigenvalue weighted by molar-refractivity contribution is 6.15. The summed E-state index contributed by atoms with van der Waals surface area (Å²) >= 11 is 0. The van der Waals surface area contributed by atoms with Gasteiger partial charge in [-0.2, -0.15) is 0 Å². The molecule has 1 radical (unpaired) electrons. The predicted octanol–water partition coefficient (Wildman–Crippen LogP) is 1.74. The van der Waals surface area contributed by atoms with Crippen LogP contribution in [0, 0.1) is 5.92 Å². The Labute approximate surface area is 195 Å². The summed E-state index contributed by atoms with van der Waals surface area (Å²) < 4.78 is 9.77. The quantitative estimate of drug-likeness (QED) is 0.350. The second-order valence-corrected chi connectivity index (χ2v) is 8.19. The van der Waals surface area contributed by atoms with Crippen molar-refractivity contribution in [3.63, 3.8) is 0 Å². The molecule has 0 spiro atoms. The van der Waals surface area contributed by atoms with Crippen LogP contribution >= 0.6 is 0 Å². The highest BCUT2D eigenvalue weighted by Crippen LogP contribution is 2.20. The van der Waals surface area contributed by atoms with E-state index in [9.17, 15) is 14.7 Å². The van der Waals surface area contributed by atoms with Crippen molar-refractivity contribution in [2.24, 2.45) is 11.7 Å². The van der Waals surface area contributed by atoms with Crippen LogP contribution in [0.1, 0.15) is 25.8 Å². The fourth-order valence-corrected chi connectivity index (χ4v) is 3.50. The molecule has 3 rings (SSSR count). The van der Waals surface area contributed by atoms with Gasteiger partial charge in [-0.15, -0.1) is 0 Å². The van der Waals surface area contributed by atoms with E-state index in [1.165, 1.54) is 0 Å². The lowest BCUT2D eigenvalue weighted by molar-refractivity contribution is -0.139. The van der Waals surface area contributed by atoms with Gasteiger partial charge in [-0.05, 0) is 28.7 Å². The van der Waals surface area contributed by atoms with Crippen LogP contribution in [0.15, 0.2) is 42.5 Å². The van der Waals surface area contributed by atoms with Gasteiger partial charge in [0.05, 0.1) is 19.4 Å². The van der Waals surface area contributed by atoms with Gasteiger partial charge in [0.2, 0.25) is 0 Å². The molecule has 1 aliphatic rings. The van der Waals surface area contributed by atoms with E-state index in [0.717, 1.165) is 22.8 Å². The zero-order chi connectivity index (χ0) is 24.2. The molecule has 1 heterocycles. The topological polar surface area (TPSA) is 134 Å². The number of aliphatic carboxylic acids is 1. The Bertz CT molecular complexity index is 886. The number of nitrogens with two attached hydrogens (primary N) is 1. The number of fused-ring (bicyclic) bond motifs is 1. The summed E-state index contributed by atoms with van der Waals surface area (Å²) in [5.41, 5.74) is 6.28. The first-order valence-electron chi connectivity index (χ1n) is 11.0. The zero-order valence-corrected chi connectivity index (χ0v) is 19.1. The summed E-state index contributed by atoms with van der Waals surface area (Å²) in [5, 5.41) is 22.3. The van der Waals surface area contributed by atoms with E-state index in [4.69, 9.17) is 15.5 Å². The third kappa shape index (κ3) is 9.01. The first-order valence-corrected chi connectivity index (χ1v) is 11.0. The summed E-state index contributed by atoms with van der Waals surface area (Å²) in [6, 6.07) is 12.3. The van der Waals surface area contributed by atoms with Crippen LogP contribution in [0.3, 0.4) is 0 Å². The number of urea groups is 1.